The van der Waals surface area contributed by atoms with Crippen LogP contribution in [-0.4, -0.2) is 45.2 Å². The molecule has 0 spiro atoms. The van der Waals surface area contributed by atoms with Crippen LogP contribution < -0.4 is 14.2 Å². The Balaban J connectivity index is 3.35. The van der Waals surface area contributed by atoms with E-state index < -0.39 is 0 Å². The lowest BCUT2D eigenvalue weighted by Gasteiger charge is -2.22. The van der Waals surface area contributed by atoms with Gasteiger partial charge in [0.2, 0.25) is 0 Å². The molecule has 0 atom stereocenters. The number of carbonyl (C=O) groups excluding carboxylic acids is 1. The number of benzene rings is 1. The molecule has 0 saturated heterocycles. The van der Waals surface area contributed by atoms with Crippen LogP contribution in [0.25, 0.3) is 0 Å². The number of hydrogen-bond donors (Lipinski definition) is 0. The van der Waals surface area contributed by atoms with Gasteiger partial charge in [-0.25, -0.2) is 0 Å². The van der Waals surface area contributed by atoms with Gasteiger partial charge in [0.1, 0.15) is 22.8 Å². The first-order chi connectivity index (χ1) is 9.12. The molecular formula is C14H21NO4. The van der Waals surface area contributed by atoms with Gasteiger partial charge in [0.05, 0.1) is 21.3 Å². The summed E-state index contributed by atoms with van der Waals surface area (Å²) in [5.74, 6) is 1.38. The topological polar surface area (TPSA) is 48.0 Å². The summed E-state index contributed by atoms with van der Waals surface area (Å²) in [6, 6.07) is 3.36. The van der Waals surface area contributed by atoms with E-state index >= 15 is 0 Å². The van der Waals surface area contributed by atoms with E-state index in [0.29, 0.717) is 35.9 Å². The third kappa shape index (κ3) is 3.10. The zero-order valence-corrected chi connectivity index (χ0v) is 12.1. The number of carbonyl (C=O) groups is 1. The summed E-state index contributed by atoms with van der Waals surface area (Å²) in [4.78, 5) is 14.2. The average Bonchev–Trinajstić information content (AvgIpc) is 2.46. The Hall–Kier alpha value is -1.91. The summed E-state index contributed by atoms with van der Waals surface area (Å²) < 4.78 is 15.7. The predicted octanol–water partition coefficient (Wildman–Crippen LogP) is 2.19. The summed E-state index contributed by atoms with van der Waals surface area (Å²) in [6.07, 6.45) is 0. The standard InChI is InChI=1S/C14H21NO4/c1-6-15(7-2)14(16)13-11(18-4)8-10(17-3)9-12(13)19-5/h8-9H,6-7H2,1-5H3. The molecule has 0 saturated carbocycles. The second-order valence-corrected chi connectivity index (χ2v) is 3.88. The number of amides is 1. The van der Waals surface area contributed by atoms with Crippen molar-refractivity contribution in [2.75, 3.05) is 34.4 Å². The molecule has 0 N–H and O–H groups in total. The molecule has 0 fully saturated rings. The van der Waals surface area contributed by atoms with Crippen LogP contribution in [0, 0.1) is 0 Å². The van der Waals surface area contributed by atoms with Gasteiger partial charge in [0.25, 0.3) is 5.91 Å². The van der Waals surface area contributed by atoms with Gasteiger partial charge in [-0.3, -0.25) is 4.79 Å². The number of nitrogens with zero attached hydrogens (tertiary/aromatic N) is 1. The van der Waals surface area contributed by atoms with Gasteiger partial charge < -0.3 is 19.1 Å². The number of ether oxygens (including phenoxy) is 3. The van der Waals surface area contributed by atoms with Crippen molar-refractivity contribution < 1.29 is 19.0 Å². The number of hydrogen-bond acceptors (Lipinski definition) is 4. The molecule has 5 nitrogen and oxygen atoms in total. The van der Waals surface area contributed by atoms with Gasteiger partial charge in [-0.15, -0.1) is 0 Å². The molecule has 0 bridgehead atoms. The van der Waals surface area contributed by atoms with Gasteiger partial charge in [-0.2, -0.15) is 0 Å². The number of rotatable bonds is 6. The molecule has 0 aliphatic heterocycles. The van der Waals surface area contributed by atoms with E-state index in [4.69, 9.17) is 14.2 Å². The van der Waals surface area contributed by atoms with Crippen molar-refractivity contribution in [2.24, 2.45) is 0 Å². The molecule has 0 heterocycles. The van der Waals surface area contributed by atoms with Crippen LogP contribution in [0.15, 0.2) is 12.1 Å². The molecule has 0 aliphatic rings. The Morgan fingerprint density at radius 3 is 1.79 bits per heavy atom. The van der Waals surface area contributed by atoms with E-state index in [2.05, 4.69) is 0 Å². The Morgan fingerprint density at radius 2 is 1.47 bits per heavy atom. The summed E-state index contributed by atoms with van der Waals surface area (Å²) in [6.45, 7) is 5.13. The SMILES string of the molecule is CCN(CC)C(=O)c1c(OC)cc(OC)cc1OC. The molecule has 0 radical (unpaired) electrons. The molecule has 1 aromatic rings. The molecule has 1 amide bonds. The zero-order valence-electron chi connectivity index (χ0n) is 12.1. The molecule has 0 aromatic heterocycles. The Labute approximate surface area is 114 Å². The molecule has 0 unspecified atom stereocenters. The largest absolute Gasteiger partial charge is 0.496 e. The highest BCUT2D eigenvalue weighted by Crippen LogP contribution is 2.34. The van der Waals surface area contributed by atoms with Crippen LogP contribution in [0.4, 0.5) is 0 Å². The van der Waals surface area contributed by atoms with Gasteiger partial charge >= 0.3 is 0 Å². The second-order valence-electron chi connectivity index (χ2n) is 3.88. The van der Waals surface area contributed by atoms with E-state index in [9.17, 15) is 4.79 Å². The van der Waals surface area contributed by atoms with E-state index in [0.717, 1.165) is 0 Å². The Kier molecular flexibility index (Phi) is 5.48. The fourth-order valence-corrected chi connectivity index (χ4v) is 1.89. The highest BCUT2D eigenvalue weighted by Gasteiger charge is 2.23. The predicted molar refractivity (Wildman–Crippen MR) is 73.3 cm³/mol. The number of methoxy groups -OCH3 is 3. The van der Waals surface area contributed by atoms with E-state index in [-0.39, 0.29) is 5.91 Å². The maximum absolute atomic E-state index is 12.5. The quantitative estimate of drug-likeness (QED) is 0.792. The van der Waals surface area contributed by atoms with Gasteiger partial charge in [0.15, 0.2) is 0 Å². The van der Waals surface area contributed by atoms with Gasteiger partial charge in [0, 0.05) is 25.2 Å². The molecule has 1 aromatic carbocycles. The zero-order chi connectivity index (χ0) is 14.4. The first-order valence-electron chi connectivity index (χ1n) is 6.22. The van der Waals surface area contributed by atoms with Crippen LogP contribution in [0.5, 0.6) is 17.2 Å². The minimum Gasteiger partial charge on any atom is -0.496 e. The van der Waals surface area contributed by atoms with Gasteiger partial charge in [-0.05, 0) is 13.8 Å². The Morgan fingerprint density at radius 1 is 1.00 bits per heavy atom. The monoisotopic (exact) mass is 267 g/mol. The minimum atomic E-state index is -0.110. The average molecular weight is 267 g/mol. The normalized spacial score (nSPS) is 9.95. The van der Waals surface area contributed by atoms with Crippen molar-refractivity contribution >= 4 is 5.91 Å². The minimum absolute atomic E-state index is 0.110. The molecular weight excluding hydrogens is 246 g/mol. The van der Waals surface area contributed by atoms with Crippen LogP contribution in [0.3, 0.4) is 0 Å². The van der Waals surface area contributed by atoms with Crippen LogP contribution in [0.2, 0.25) is 0 Å². The van der Waals surface area contributed by atoms with Crippen molar-refractivity contribution in [1.82, 2.24) is 4.90 Å². The third-order valence-corrected chi connectivity index (χ3v) is 2.98. The maximum Gasteiger partial charge on any atom is 0.261 e. The molecule has 0 aliphatic carbocycles. The first-order valence-corrected chi connectivity index (χ1v) is 6.22. The van der Waals surface area contributed by atoms with Crippen molar-refractivity contribution in [3.05, 3.63) is 17.7 Å². The van der Waals surface area contributed by atoms with Crippen LogP contribution in [-0.2, 0) is 0 Å². The fourth-order valence-electron chi connectivity index (χ4n) is 1.89. The lowest BCUT2D eigenvalue weighted by molar-refractivity contribution is 0.0766. The fraction of sp³-hybridized carbons (Fsp3) is 0.500. The highest BCUT2D eigenvalue weighted by atomic mass is 16.5. The molecule has 106 valence electrons. The third-order valence-electron chi connectivity index (χ3n) is 2.98. The van der Waals surface area contributed by atoms with Crippen molar-refractivity contribution in [1.29, 1.82) is 0 Å². The van der Waals surface area contributed by atoms with Crippen molar-refractivity contribution in [3.8, 4) is 17.2 Å². The van der Waals surface area contributed by atoms with Crippen molar-refractivity contribution in [3.63, 3.8) is 0 Å². The summed E-state index contributed by atoms with van der Waals surface area (Å²) in [5, 5.41) is 0. The summed E-state index contributed by atoms with van der Waals surface area (Å²) >= 11 is 0. The van der Waals surface area contributed by atoms with E-state index in [1.165, 1.54) is 14.2 Å². The maximum atomic E-state index is 12.5. The summed E-state index contributed by atoms with van der Waals surface area (Å²) in [7, 11) is 4.60. The molecule has 19 heavy (non-hydrogen) atoms. The molecule has 5 heteroatoms. The highest BCUT2D eigenvalue weighted by molar-refractivity contribution is 6.00. The second kappa shape index (κ2) is 6.87. The summed E-state index contributed by atoms with van der Waals surface area (Å²) in [5.41, 5.74) is 0.425. The lowest BCUT2D eigenvalue weighted by atomic mass is 10.1. The Bertz CT molecular complexity index is 416. The first kappa shape index (κ1) is 15.1. The molecule has 1 rings (SSSR count). The lowest BCUT2D eigenvalue weighted by Crippen LogP contribution is -2.31. The smallest absolute Gasteiger partial charge is 0.261 e. The van der Waals surface area contributed by atoms with Crippen LogP contribution in [0.1, 0.15) is 24.2 Å². The van der Waals surface area contributed by atoms with Crippen molar-refractivity contribution in [2.45, 2.75) is 13.8 Å². The van der Waals surface area contributed by atoms with E-state index in [1.807, 2.05) is 13.8 Å². The van der Waals surface area contributed by atoms with Crippen LogP contribution >= 0.6 is 0 Å². The van der Waals surface area contributed by atoms with E-state index in [1.54, 1.807) is 24.1 Å². The van der Waals surface area contributed by atoms with Gasteiger partial charge in [-0.1, -0.05) is 0 Å².